The Labute approximate surface area is 188 Å². The first-order valence-corrected chi connectivity index (χ1v) is 8.84. The predicted molar refractivity (Wildman–Crippen MR) is 108 cm³/mol. The van der Waals surface area contributed by atoms with Crippen LogP contribution in [0.3, 0.4) is 0 Å². The number of hydrogen-bond donors (Lipinski definition) is 1. The van der Waals surface area contributed by atoms with E-state index in [9.17, 15) is 14.3 Å². The molecule has 6 nitrogen and oxygen atoms in total. The minimum absolute atomic E-state index is 0. The Kier molecular flexibility index (Phi) is 6.47. The molecule has 0 saturated heterocycles. The van der Waals surface area contributed by atoms with Gasteiger partial charge in [-0.1, -0.05) is 18.2 Å². The van der Waals surface area contributed by atoms with E-state index in [1.165, 1.54) is 6.07 Å². The first-order chi connectivity index (χ1) is 14.6. The zero-order valence-corrected chi connectivity index (χ0v) is 17.4. The van der Waals surface area contributed by atoms with Gasteiger partial charge in [-0.25, -0.2) is 21.5 Å². The molecular weight excluding hydrogens is 486 g/mol. The van der Waals surface area contributed by atoms with E-state index in [1.54, 1.807) is 0 Å². The average molecular weight is 498 g/mol. The second kappa shape index (κ2) is 9.06. The maximum absolute atomic E-state index is 13.6. The minimum atomic E-state index is -0.644. The van der Waals surface area contributed by atoms with Crippen LogP contribution in [0.4, 0.5) is 4.39 Å². The van der Waals surface area contributed by atoms with Gasteiger partial charge in [-0.15, -0.1) is 0 Å². The Hall–Kier alpha value is -3.57. The van der Waals surface area contributed by atoms with Gasteiger partial charge in [0.2, 0.25) is 0 Å². The van der Waals surface area contributed by atoms with Crippen LogP contribution in [0.25, 0.3) is 32.7 Å². The standard InChI is InChI=1S/C17H8FN3O2.C5H5.CO.Ru/c18-7-5-9-12-13(17(23)21-16(12)22)11-8-3-1-2-4-10(8)20-15(11)14(9)19-6-7;1-2-4-5-3-1;1-2;/h1-6,20H,(H,21,22,23);1-5H;;/q;-1;;/p-1. The van der Waals surface area contributed by atoms with Crippen molar-refractivity contribution in [1.29, 1.82) is 0 Å². The van der Waals surface area contributed by atoms with Gasteiger partial charge < -0.3 is 10.1 Å². The Balaban J connectivity index is 0.000000297. The molecule has 3 heterocycles. The molecule has 0 spiro atoms. The Morgan fingerprint density at radius 1 is 1.06 bits per heavy atom. The molecule has 6 rings (SSSR count). The average Bonchev–Trinajstić information content (AvgIpc) is 3.50. The van der Waals surface area contributed by atoms with E-state index in [0.717, 1.165) is 17.1 Å². The van der Waals surface area contributed by atoms with Crippen LogP contribution in [0.15, 0.2) is 71.9 Å². The van der Waals surface area contributed by atoms with Crippen LogP contribution in [0.2, 0.25) is 0 Å². The third kappa shape index (κ3) is 3.69. The van der Waals surface area contributed by atoms with E-state index in [2.05, 4.69) is 21.6 Å². The number of aromatic amines is 1. The van der Waals surface area contributed by atoms with Gasteiger partial charge >= 0.3 is 11.3 Å². The quantitative estimate of drug-likeness (QED) is 0.200. The number of carbonyl (C=O) groups is 1. The number of fused-ring (bicyclic) bond motifs is 8. The number of H-pyrrole nitrogens is 1. The van der Waals surface area contributed by atoms with Crippen LogP contribution in [-0.2, 0) is 24.1 Å². The van der Waals surface area contributed by atoms with Gasteiger partial charge in [0, 0.05) is 52.6 Å². The number of aliphatic imine (C=N–C) groups is 1. The first-order valence-electron chi connectivity index (χ1n) is 8.84. The zero-order valence-electron chi connectivity index (χ0n) is 15.7. The van der Waals surface area contributed by atoms with Gasteiger partial charge in [-0.3, -0.25) is 9.78 Å². The van der Waals surface area contributed by atoms with E-state index in [4.69, 9.17) is 4.65 Å². The molecule has 3 aromatic carbocycles. The van der Waals surface area contributed by atoms with Crippen LogP contribution in [0.5, 0.6) is 0 Å². The molecule has 0 radical (unpaired) electrons. The summed E-state index contributed by atoms with van der Waals surface area (Å²) in [6, 6.07) is 18.7. The second-order valence-corrected chi connectivity index (χ2v) is 6.40. The van der Waals surface area contributed by atoms with Crippen molar-refractivity contribution in [3.63, 3.8) is 0 Å². The molecule has 0 unspecified atom stereocenters. The molecule has 1 amide bonds. The van der Waals surface area contributed by atoms with Gasteiger partial charge in [-0.2, -0.15) is 18.2 Å². The Bertz CT molecular complexity index is 1440. The fourth-order valence-corrected chi connectivity index (χ4v) is 3.63. The van der Waals surface area contributed by atoms with Gasteiger partial charge in [-0.05, 0) is 12.1 Å². The topological polar surface area (TPSA) is 101 Å². The molecule has 0 aliphatic carbocycles. The zero-order chi connectivity index (χ0) is 21.3. The number of nitrogens with one attached hydrogen (secondary N) is 1. The Morgan fingerprint density at radius 3 is 2.45 bits per heavy atom. The molecule has 154 valence electrons. The van der Waals surface area contributed by atoms with Crippen LogP contribution in [0, 0.1) is 12.5 Å². The Morgan fingerprint density at radius 2 is 1.77 bits per heavy atom. The number of nitrogens with zero attached hydrogens (tertiary/aromatic N) is 2. The number of benzene rings is 2. The van der Waals surface area contributed by atoms with Crippen LogP contribution in [-0.4, -0.2) is 21.8 Å². The van der Waals surface area contributed by atoms with Crippen molar-refractivity contribution in [1.82, 2.24) is 9.97 Å². The minimum Gasteiger partial charge on any atom is -0.214 e. The monoisotopic (exact) mass is 499 g/mol. The number of amides is 1. The maximum Gasteiger partial charge on any atom is 0 e. The fourth-order valence-electron chi connectivity index (χ4n) is 3.63. The molecule has 31 heavy (non-hydrogen) atoms. The predicted octanol–water partition coefficient (Wildman–Crippen LogP) is 3.63. The van der Waals surface area contributed by atoms with E-state index < -0.39 is 17.6 Å². The molecule has 0 saturated carbocycles. The second-order valence-electron chi connectivity index (χ2n) is 6.40. The molecule has 5 aromatic rings. The van der Waals surface area contributed by atoms with E-state index in [1.807, 2.05) is 54.6 Å². The van der Waals surface area contributed by atoms with Crippen LogP contribution < -0.4 is 5.11 Å². The number of halogens is 1. The fraction of sp³-hybridized carbons (Fsp3) is 0. The van der Waals surface area contributed by atoms with Crippen LogP contribution in [0.1, 0.15) is 15.9 Å². The molecule has 8 heteroatoms. The van der Waals surface area contributed by atoms with Crippen molar-refractivity contribution in [3.05, 3.63) is 90.5 Å². The van der Waals surface area contributed by atoms with Crippen molar-refractivity contribution >= 4 is 44.5 Å². The molecule has 1 aliphatic rings. The van der Waals surface area contributed by atoms with Crippen molar-refractivity contribution < 1.29 is 38.4 Å². The third-order valence-electron chi connectivity index (χ3n) is 4.75. The normalized spacial score (nSPS) is 11.7. The van der Waals surface area contributed by atoms with E-state index in [0.29, 0.717) is 21.8 Å². The van der Waals surface area contributed by atoms with Gasteiger partial charge in [0.25, 0.3) is 5.91 Å². The number of rotatable bonds is 0. The summed E-state index contributed by atoms with van der Waals surface area (Å²) in [6.07, 6.45) is 1.10. The van der Waals surface area contributed by atoms with Crippen LogP contribution >= 0.6 is 0 Å². The molecule has 0 bridgehead atoms. The van der Waals surface area contributed by atoms with Gasteiger partial charge in [0.1, 0.15) is 5.82 Å². The molecule has 1 N–H and O–H groups in total. The number of pyridine rings is 1. The molecule has 1 aliphatic heterocycles. The van der Waals surface area contributed by atoms with Gasteiger partial charge in [0.15, 0.2) is 0 Å². The van der Waals surface area contributed by atoms with Gasteiger partial charge in [0.05, 0.1) is 22.8 Å². The van der Waals surface area contributed by atoms with Crippen molar-refractivity contribution in [2.75, 3.05) is 0 Å². The largest absolute Gasteiger partial charge is 0.214 e. The smallest absolute Gasteiger partial charge is 0 e. The number of aromatic nitrogens is 2. The number of hydrogen-bond acceptors (Lipinski definition) is 3. The summed E-state index contributed by atoms with van der Waals surface area (Å²) in [5.74, 6) is -1.80. The molecule has 0 fully saturated rings. The summed E-state index contributed by atoms with van der Waals surface area (Å²) < 4.78 is 21.1. The van der Waals surface area contributed by atoms with E-state index in [-0.39, 0.29) is 30.6 Å². The maximum atomic E-state index is 13.6. The third-order valence-corrected chi connectivity index (χ3v) is 4.75. The van der Waals surface area contributed by atoms with Crippen molar-refractivity contribution in [2.45, 2.75) is 0 Å². The van der Waals surface area contributed by atoms with E-state index >= 15 is 0 Å². The number of para-hydroxylation sites is 1. The molecular formula is C23H12FN3O3Ru-2. The van der Waals surface area contributed by atoms with Crippen molar-refractivity contribution in [2.24, 2.45) is 4.99 Å². The summed E-state index contributed by atoms with van der Waals surface area (Å²) in [7, 11) is 0. The molecule has 2 aromatic heterocycles. The summed E-state index contributed by atoms with van der Waals surface area (Å²) >= 11 is 0. The number of carbonyl (C=O) groups excluding carboxylic acids is 1. The SMILES string of the molecule is O=C1N=C([O-])c2c1c1cc(F)cnc1c1[nH]c3ccccc3c21.[C-]#[O+].[Ru].c1cc[cH-]c1. The summed E-state index contributed by atoms with van der Waals surface area (Å²) in [4.78, 5) is 23.0. The summed E-state index contributed by atoms with van der Waals surface area (Å²) in [5.41, 5.74) is 2.24. The summed E-state index contributed by atoms with van der Waals surface area (Å²) in [6.45, 7) is 4.50. The summed E-state index contributed by atoms with van der Waals surface area (Å²) in [5, 5.41) is 14.0. The first kappa shape index (κ1) is 22.1. The van der Waals surface area contributed by atoms with Crippen molar-refractivity contribution in [3.8, 4) is 0 Å². The molecule has 0 atom stereocenters.